The van der Waals surface area contributed by atoms with Crippen LogP contribution in [0.15, 0.2) is 41.5 Å². The van der Waals surface area contributed by atoms with E-state index in [0.29, 0.717) is 4.88 Å². The summed E-state index contributed by atoms with van der Waals surface area (Å²) in [6.07, 6.45) is 1.36. The van der Waals surface area contributed by atoms with Crippen LogP contribution in [-0.2, 0) is 4.79 Å². The SMILES string of the molecule is COc1ccc(NCC(=O)N/N=C\c2ccc([N+](=O)[O-])s2)cc1. The van der Waals surface area contributed by atoms with Gasteiger partial charge in [-0.1, -0.05) is 11.3 Å². The number of methoxy groups -OCH3 is 1. The molecule has 1 amide bonds. The van der Waals surface area contributed by atoms with Crippen molar-refractivity contribution in [3.05, 3.63) is 51.4 Å². The third-order valence-corrected chi connectivity index (χ3v) is 3.69. The number of rotatable bonds is 7. The fourth-order valence-electron chi connectivity index (χ4n) is 1.61. The monoisotopic (exact) mass is 334 g/mol. The second-order valence-electron chi connectivity index (χ2n) is 4.31. The molecule has 8 nitrogen and oxygen atoms in total. The van der Waals surface area contributed by atoms with Crippen LogP contribution < -0.4 is 15.5 Å². The molecule has 0 spiro atoms. The van der Waals surface area contributed by atoms with Gasteiger partial charge >= 0.3 is 5.00 Å². The minimum absolute atomic E-state index is 0.0268. The number of nitrogens with one attached hydrogen (secondary N) is 2. The number of carbonyl (C=O) groups excluding carboxylic acids is 1. The first-order chi connectivity index (χ1) is 11.1. The number of hydrogen-bond donors (Lipinski definition) is 2. The Morgan fingerprint density at radius 2 is 2.09 bits per heavy atom. The minimum Gasteiger partial charge on any atom is -0.497 e. The summed E-state index contributed by atoms with van der Waals surface area (Å²) in [5.74, 6) is 0.401. The molecule has 0 aliphatic rings. The summed E-state index contributed by atoms with van der Waals surface area (Å²) in [6.45, 7) is 0.0499. The summed E-state index contributed by atoms with van der Waals surface area (Å²) in [5.41, 5.74) is 3.12. The van der Waals surface area contributed by atoms with E-state index >= 15 is 0 Å². The number of nitro groups is 1. The van der Waals surface area contributed by atoms with Gasteiger partial charge in [-0.05, 0) is 30.3 Å². The van der Waals surface area contributed by atoms with Crippen LogP contribution >= 0.6 is 11.3 Å². The molecule has 2 N–H and O–H groups in total. The Morgan fingerprint density at radius 1 is 1.35 bits per heavy atom. The number of anilines is 1. The molecule has 0 aliphatic carbocycles. The molecule has 1 heterocycles. The molecule has 2 rings (SSSR count). The van der Waals surface area contributed by atoms with Gasteiger partial charge in [-0.3, -0.25) is 14.9 Å². The summed E-state index contributed by atoms with van der Waals surface area (Å²) < 4.78 is 5.04. The normalized spacial score (nSPS) is 10.5. The summed E-state index contributed by atoms with van der Waals surface area (Å²) in [5, 5.41) is 17.3. The third kappa shape index (κ3) is 5.08. The fraction of sp³-hybridized carbons (Fsp3) is 0.143. The molecule has 0 saturated carbocycles. The summed E-state index contributed by atoms with van der Waals surface area (Å²) in [4.78, 5) is 22.3. The topological polar surface area (TPSA) is 106 Å². The van der Waals surface area contributed by atoms with E-state index in [1.165, 1.54) is 12.3 Å². The molecule has 0 unspecified atom stereocenters. The number of amides is 1. The van der Waals surface area contributed by atoms with Gasteiger partial charge in [-0.25, -0.2) is 5.43 Å². The Kier molecular flexibility index (Phi) is 5.64. The first kappa shape index (κ1) is 16.4. The molecule has 23 heavy (non-hydrogen) atoms. The molecule has 0 aliphatic heterocycles. The number of nitrogens with zero attached hydrogens (tertiary/aromatic N) is 2. The van der Waals surface area contributed by atoms with Gasteiger partial charge in [0.25, 0.3) is 5.91 Å². The van der Waals surface area contributed by atoms with Gasteiger partial charge in [-0.2, -0.15) is 5.10 Å². The van der Waals surface area contributed by atoms with Crippen LogP contribution in [0.3, 0.4) is 0 Å². The molecule has 2 aromatic rings. The van der Waals surface area contributed by atoms with E-state index in [0.717, 1.165) is 22.8 Å². The Bertz CT molecular complexity index is 712. The lowest BCUT2D eigenvalue weighted by atomic mass is 10.3. The van der Waals surface area contributed by atoms with Gasteiger partial charge in [0.15, 0.2) is 0 Å². The van der Waals surface area contributed by atoms with E-state index in [2.05, 4.69) is 15.8 Å². The quantitative estimate of drug-likeness (QED) is 0.459. The molecule has 120 valence electrons. The predicted octanol–water partition coefficient (Wildman–Crippen LogP) is 2.23. The second kappa shape index (κ2) is 7.90. The van der Waals surface area contributed by atoms with Crippen LogP contribution in [0, 0.1) is 10.1 Å². The van der Waals surface area contributed by atoms with Crippen LogP contribution in [0.25, 0.3) is 0 Å². The molecular formula is C14H14N4O4S. The molecule has 9 heteroatoms. The predicted molar refractivity (Wildman–Crippen MR) is 88.2 cm³/mol. The van der Waals surface area contributed by atoms with Crippen molar-refractivity contribution >= 4 is 34.1 Å². The van der Waals surface area contributed by atoms with Crippen LogP contribution in [0.4, 0.5) is 10.7 Å². The largest absolute Gasteiger partial charge is 0.497 e. The van der Waals surface area contributed by atoms with Gasteiger partial charge in [-0.15, -0.1) is 0 Å². The minimum atomic E-state index is -0.473. The average molecular weight is 334 g/mol. The van der Waals surface area contributed by atoms with Crippen molar-refractivity contribution in [1.29, 1.82) is 0 Å². The van der Waals surface area contributed by atoms with E-state index in [4.69, 9.17) is 4.74 Å². The number of hydrazone groups is 1. The van der Waals surface area contributed by atoms with Gasteiger partial charge < -0.3 is 10.1 Å². The highest BCUT2D eigenvalue weighted by Gasteiger charge is 2.08. The fourth-order valence-corrected chi connectivity index (χ4v) is 2.30. The molecule has 0 bridgehead atoms. The molecule has 0 saturated heterocycles. The highest BCUT2D eigenvalue weighted by Crippen LogP contribution is 2.22. The summed E-state index contributed by atoms with van der Waals surface area (Å²) in [7, 11) is 1.58. The standard InChI is InChI=1S/C14H14N4O4S/c1-22-11-4-2-10(3-5-11)15-9-13(19)17-16-8-12-6-7-14(23-12)18(20)21/h2-8,15H,9H2,1H3,(H,17,19)/b16-8-. The first-order valence-corrected chi connectivity index (χ1v) is 7.34. The smallest absolute Gasteiger partial charge is 0.324 e. The third-order valence-electron chi connectivity index (χ3n) is 2.72. The van der Waals surface area contributed by atoms with Crippen molar-refractivity contribution in [3.63, 3.8) is 0 Å². The molecule has 1 aromatic carbocycles. The van der Waals surface area contributed by atoms with Crippen LogP contribution in [0.1, 0.15) is 4.88 Å². The highest BCUT2D eigenvalue weighted by atomic mass is 32.1. The zero-order valence-electron chi connectivity index (χ0n) is 12.2. The number of thiophene rings is 1. The van der Waals surface area contributed by atoms with E-state index in [-0.39, 0.29) is 17.5 Å². The van der Waals surface area contributed by atoms with E-state index in [9.17, 15) is 14.9 Å². The van der Waals surface area contributed by atoms with Crippen molar-refractivity contribution in [2.45, 2.75) is 0 Å². The zero-order valence-corrected chi connectivity index (χ0v) is 13.0. The summed E-state index contributed by atoms with van der Waals surface area (Å²) >= 11 is 0.979. The first-order valence-electron chi connectivity index (χ1n) is 6.52. The Balaban J connectivity index is 1.77. The molecule has 1 aromatic heterocycles. The Labute approximate surface area is 135 Å². The van der Waals surface area contributed by atoms with E-state index < -0.39 is 4.92 Å². The van der Waals surface area contributed by atoms with Crippen molar-refractivity contribution in [1.82, 2.24) is 5.43 Å². The van der Waals surface area contributed by atoms with Crippen molar-refractivity contribution < 1.29 is 14.5 Å². The van der Waals surface area contributed by atoms with Gasteiger partial charge in [0, 0.05) is 11.8 Å². The maximum atomic E-state index is 11.6. The van der Waals surface area contributed by atoms with Crippen molar-refractivity contribution in [2.24, 2.45) is 5.10 Å². The number of hydrogen-bond acceptors (Lipinski definition) is 7. The number of benzene rings is 1. The van der Waals surface area contributed by atoms with Crippen LogP contribution in [0.5, 0.6) is 5.75 Å². The Morgan fingerprint density at radius 3 is 2.70 bits per heavy atom. The lowest BCUT2D eigenvalue weighted by Gasteiger charge is -2.06. The van der Waals surface area contributed by atoms with Crippen LogP contribution in [-0.4, -0.2) is 30.7 Å². The lowest BCUT2D eigenvalue weighted by Crippen LogP contribution is -2.25. The maximum Gasteiger partial charge on any atom is 0.324 e. The molecular weight excluding hydrogens is 320 g/mol. The molecule has 0 radical (unpaired) electrons. The Hall–Kier alpha value is -2.94. The number of carbonyl (C=O) groups is 1. The second-order valence-corrected chi connectivity index (χ2v) is 5.40. The van der Waals surface area contributed by atoms with Crippen molar-refractivity contribution in [3.8, 4) is 5.75 Å². The average Bonchev–Trinajstić information content (AvgIpc) is 3.02. The number of ether oxygens (including phenoxy) is 1. The molecule has 0 atom stereocenters. The molecule has 0 fully saturated rings. The van der Waals surface area contributed by atoms with Gasteiger partial charge in [0.1, 0.15) is 5.75 Å². The van der Waals surface area contributed by atoms with Crippen molar-refractivity contribution in [2.75, 3.05) is 19.0 Å². The van der Waals surface area contributed by atoms with Crippen LogP contribution in [0.2, 0.25) is 0 Å². The maximum absolute atomic E-state index is 11.6. The van der Waals surface area contributed by atoms with E-state index in [1.54, 1.807) is 37.4 Å². The lowest BCUT2D eigenvalue weighted by molar-refractivity contribution is -0.380. The van der Waals surface area contributed by atoms with Gasteiger partial charge in [0.05, 0.1) is 29.7 Å². The highest BCUT2D eigenvalue weighted by molar-refractivity contribution is 7.16. The summed E-state index contributed by atoms with van der Waals surface area (Å²) in [6, 6.07) is 10.1. The van der Waals surface area contributed by atoms with Gasteiger partial charge in [0.2, 0.25) is 0 Å². The zero-order chi connectivity index (χ0) is 16.7. The van der Waals surface area contributed by atoms with E-state index in [1.807, 2.05) is 0 Å².